The molecule has 0 fully saturated rings. The minimum absolute atomic E-state index is 0.152. The van der Waals surface area contributed by atoms with Crippen LogP contribution in [0.3, 0.4) is 0 Å². The van der Waals surface area contributed by atoms with E-state index in [4.69, 9.17) is 5.11 Å². The van der Waals surface area contributed by atoms with Gasteiger partial charge in [0, 0.05) is 12.1 Å². The molecule has 1 aromatic rings. The summed E-state index contributed by atoms with van der Waals surface area (Å²) in [5, 5.41) is 19.8. The monoisotopic (exact) mass is 330 g/mol. The number of nitro benzene ring substituents is 1. The first-order chi connectivity index (χ1) is 10.2. The number of aryl methyl sites for hydroxylation is 1. The molecule has 8 nitrogen and oxygen atoms in total. The first-order valence-corrected chi connectivity index (χ1v) is 8.17. The number of nitrogens with zero attached hydrogens (tertiary/aromatic N) is 1. The lowest BCUT2D eigenvalue weighted by Crippen LogP contribution is -2.40. The second-order valence-electron chi connectivity index (χ2n) is 4.86. The predicted octanol–water partition coefficient (Wildman–Crippen LogP) is 1.82. The number of rotatable bonds is 8. The Morgan fingerprint density at radius 2 is 2.09 bits per heavy atom. The van der Waals surface area contributed by atoms with Crippen molar-refractivity contribution in [2.75, 3.05) is 0 Å². The van der Waals surface area contributed by atoms with Gasteiger partial charge >= 0.3 is 5.97 Å². The Bertz CT molecular complexity index is 671. The molecule has 0 saturated heterocycles. The third kappa shape index (κ3) is 4.50. The maximum Gasteiger partial charge on any atom is 0.321 e. The van der Waals surface area contributed by atoms with Crippen molar-refractivity contribution < 1.29 is 23.2 Å². The number of hydrogen-bond acceptors (Lipinski definition) is 5. The zero-order valence-corrected chi connectivity index (χ0v) is 13.1. The van der Waals surface area contributed by atoms with Gasteiger partial charge in [-0.2, -0.15) is 4.72 Å². The van der Waals surface area contributed by atoms with Gasteiger partial charge in [-0.1, -0.05) is 25.8 Å². The number of carbonyl (C=O) groups is 1. The van der Waals surface area contributed by atoms with E-state index in [1.54, 1.807) is 0 Å². The van der Waals surface area contributed by atoms with E-state index in [2.05, 4.69) is 4.72 Å². The topological polar surface area (TPSA) is 127 Å². The van der Waals surface area contributed by atoms with E-state index in [-0.39, 0.29) is 17.0 Å². The van der Waals surface area contributed by atoms with Gasteiger partial charge in [0.2, 0.25) is 10.0 Å². The van der Waals surface area contributed by atoms with Crippen molar-refractivity contribution >= 4 is 21.7 Å². The maximum absolute atomic E-state index is 12.3. The van der Waals surface area contributed by atoms with Gasteiger partial charge in [-0.15, -0.1) is 0 Å². The van der Waals surface area contributed by atoms with E-state index >= 15 is 0 Å². The fourth-order valence-corrected chi connectivity index (χ4v) is 3.37. The quantitative estimate of drug-likeness (QED) is 0.553. The molecule has 0 radical (unpaired) electrons. The highest BCUT2D eigenvalue weighted by molar-refractivity contribution is 7.89. The number of carboxylic acid groups (broad SMARTS) is 1. The summed E-state index contributed by atoms with van der Waals surface area (Å²) in [7, 11) is -4.16. The lowest BCUT2D eigenvalue weighted by Gasteiger charge is -2.15. The molecule has 0 unspecified atom stereocenters. The van der Waals surface area contributed by atoms with E-state index < -0.39 is 27.0 Å². The Labute approximate surface area is 128 Å². The Kier molecular flexibility index (Phi) is 6.01. The summed E-state index contributed by atoms with van der Waals surface area (Å²) >= 11 is 0. The van der Waals surface area contributed by atoms with Gasteiger partial charge in [-0.3, -0.25) is 14.9 Å². The molecule has 122 valence electrons. The van der Waals surface area contributed by atoms with E-state index in [1.165, 1.54) is 19.1 Å². The Hall–Kier alpha value is -2.00. The van der Waals surface area contributed by atoms with Crippen LogP contribution in [0.25, 0.3) is 0 Å². The molecule has 9 heteroatoms. The minimum Gasteiger partial charge on any atom is -0.480 e. The normalized spacial score (nSPS) is 12.8. The fraction of sp³-hybridized carbons (Fsp3) is 0.462. The van der Waals surface area contributed by atoms with Gasteiger partial charge in [0.15, 0.2) is 0 Å². The third-order valence-electron chi connectivity index (χ3n) is 3.11. The van der Waals surface area contributed by atoms with Crippen molar-refractivity contribution in [3.05, 3.63) is 33.9 Å². The molecule has 2 N–H and O–H groups in total. The first kappa shape index (κ1) is 18.1. The fourth-order valence-electron chi connectivity index (χ4n) is 1.88. The molecule has 0 amide bonds. The van der Waals surface area contributed by atoms with Crippen molar-refractivity contribution in [2.45, 2.75) is 44.0 Å². The molecule has 0 heterocycles. The molecular formula is C13H18N2O6S. The molecule has 0 aliphatic rings. The van der Waals surface area contributed by atoms with Crippen LogP contribution in [-0.2, 0) is 14.8 Å². The van der Waals surface area contributed by atoms with E-state index in [9.17, 15) is 23.3 Å². The SMILES string of the molecule is CCCC[C@H](NS(=O)(=O)c1cc([N+](=O)[O-])ccc1C)C(=O)O. The molecule has 1 rings (SSSR count). The molecule has 0 aliphatic carbocycles. The highest BCUT2D eigenvalue weighted by Crippen LogP contribution is 2.22. The van der Waals surface area contributed by atoms with Crippen molar-refractivity contribution in [1.82, 2.24) is 4.72 Å². The molecule has 0 spiro atoms. The molecule has 0 aromatic heterocycles. The Balaban J connectivity index is 3.15. The highest BCUT2D eigenvalue weighted by Gasteiger charge is 2.27. The molecule has 22 heavy (non-hydrogen) atoms. The van der Waals surface area contributed by atoms with Crippen LogP contribution in [-0.4, -0.2) is 30.5 Å². The van der Waals surface area contributed by atoms with Crippen LogP contribution in [0.5, 0.6) is 0 Å². The summed E-state index contributed by atoms with van der Waals surface area (Å²) in [5.41, 5.74) is -0.0656. The lowest BCUT2D eigenvalue weighted by molar-refractivity contribution is -0.385. The lowest BCUT2D eigenvalue weighted by atomic mass is 10.1. The van der Waals surface area contributed by atoms with Crippen molar-refractivity contribution in [2.24, 2.45) is 0 Å². The first-order valence-electron chi connectivity index (χ1n) is 6.69. The molecule has 0 saturated carbocycles. The summed E-state index contributed by atoms with van der Waals surface area (Å²) in [6, 6.07) is 2.17. The number of sulfonamides is 1. The predicted molar refractivity (Wildman–Crippen MR) is 79.1 cm³/mol. The summed E-state index contributed by atoms with van der Waals surface area (Å²) in [4.78, 5) is 20.9. The number of hydrogen-bond donors (Lipinski definition) is 2. The highest BCUT2D eigenvalue weighted by atomic mass is 32.2. The maximum atomic E-state index is 12.3. The largest absolute Gasteiger partial charge is 0.480 e. The van der Waals surface area contributed by atoms with E-state index in [0.717, 1.165) is 12.5 Å². The summed E-state index contributed by atoms with van der Waals surface area (Å²) < 4.78 is 26.7. The number of nitro groups is 1. The van der Waals surface area contributed by atoms with Gasteiger partial charge in [0.1, 0.15) is 6.04 Å². The molecular weight excluding hydrogens is 312 g/mol. The van der Waals surface area contributed by atoms with Gasteiger partial charge < -0.3 is 5.11 Å². The number of aliphatic carboxylic acids is 1. The summed E-state index contributed by atoms with van der Waals surface area (Å²) in [6.45, 7) is 3.35. The molecule has 0 aliphatic heterocycles. The van der Waals surface area contributed by atoms with Gasteiger partial charge in [0.05, 0.1) is 9.82 Å². The average Bonchev–Trinajstić information content (AvgIpc) is 2.43. The van der Waals surface area contributed by atoms with E-state index in [0.29, 0.717) is 12.0 Å². The number of benzene rings is 1. The third-order valence-corrected chi connectivity index (χ3v) is 4.73. The molecule has 1 aromatic carbocycles. The second kappa shape index (κ2) is 7.32. The minimum atomic E-state index is -4.16. The molecule has 0 bridgehead atoms. The second-order valence-corrected chi connectivity index (χ2v) is 6.54. The van der Waals surface area contributed by atoms with Crippen LogP contribution < -0.4 is 4.72 Å². The van der Waals surface area contributed by atoms with E-state index in [1.807, 2.05) is 6.92 Å². The van der Waals surface area contributed by atoms with Crippen LogP contribution >= 0.6 is 0 Å². The van der Waals surface area contributed by atoms with Crippen molar-refractivity contribution in [3.63, 3.8) is 0 Å². The van der Waals surface area contributed by atoms with Gasteiger partial charge in [-0.05, 0) is 18.9 Å². The van der Waals surface area contributed by atoms with Crippen LogP contribution in [0.2, 0.25) is 0 Å². The zero-order valence-electron chi connectivity index (χ0n) is 12.3. The number of carboxylic acids is 1. The van der Waals surface area contributed by atoms with Crippen LogP contribution in [0.4, 0.5) is 5.69 Å². The summed E-state index contributed by atoms with van der Waals surface area (Å²) in [6.07, 6.45) is 1.42. The Morgan fingerprint density at radius 3 is 2.59 bits per heavy atom. The van der Waals surface area contributed by atoms with Crippen molar-refractivity contribution in [3.8, 4) is 0 Å². The van der Waals surface area contributed by atoms with Crippen molar-refractivity contribution in [1.29, 1.82) is 0 Å². The van der Waals surface area contributed by atoms with Crippen LogP contribution in [0.1, 0.15) is 31.7 Å². The Morgan fingerprint density at radius 1 is 1.45 bits per heavy atom. The van der Waals surface area contributed by atoms with Gasteiger partial charge in [-0.25, -0.2) is 8.42 Å². The van der Waals surface area contributed by atoms with Gasteiger partial charge in [0.25, 0.3) is 5.69 Å². The average molecular weight is 330 g/mol. The molecule has 1 atom stereocenters. The standard InChI is InChI=1S/C13H18N2O6S/c1-3-4-5-11(13(16)17)14-22(20,21)12-8-10(15(18)19)7-6-9(12)2/h6-8,11,14H,3-5H2,1-2H3,(H,16,17)/t11-/m0/s1. The number of non-ortho nitro benzene ring substituents is 1. The number of unbranched alkanes of at least 4 members (excludes halogenated alkanes) is 1. The van der Waals surface area contributed by atoms with Crippen LogP contribution in [0, 0.1) is 17.0 Å². The number of nitrogens with one attached hydrogen (secondary N) is 1. The smallest absolute Gasteiger partial charge is 0.321 e. The zero-order chi connectivity index (χ0) is 16.9. The van der Waals surface area contributed by atoms with Crippen LogP contribution in [0.15, 0.2) is 23.1 Å². The summed E-state index contributed by atoms with van der Waals surface area (Å²) in [5.74, 6) is -1.28.